The summed E-state index contributed by atoms with van der Waals surface area (Å²) in [5.41, 5.74) is 2.26. The average molecular weight is 311 g/mol. The summed E-state index contributed by atoms with van der Waals surface area (Å²) >= 11 is 0. The van der Waals surface area contributed by atoms with Crippen molar-refractivity contribution in [2.75, 3.05) is 10.2 Å². The molecular weight excluding hydrogens is 294 g/mol. The number of aromatic nitrogens is 2. The van der Waals surface area contributed by atoms with Gasteiger partial charge >= 0.3 is 5.69 Å². The van der Waals surface area contributed by atoms with Gasteiger partial charge in [0.15, 0.2) is 0 Å². The van der Waals surface area contributed by atoms with Crippen LogP contribution in [0.25, 0.3) is 0 Å². The van der Waals surface area contributed by atoms with Gasteiger partial charge in [-0.2, -0.15) is 4.98 Å². The Morgan fingerprint density at radius 1 is 1.35 bits per heavy atom. The summed E-state index contributed by atoms with van der Waals surface area (Å²) in [6, 6.07) is 8.66. The molecule has 0 bridgehead atoms. The predicted molar refractivity (Wildman–Crippen MR) is 87.1 cm³/mol. The Hall–Kier alpha value is -2.70. The van der Waals surface area contributed by atoms with E-state index in [0.717, 1.165) is 24.9 Å². The molecule has 1 aromatic heterocycles. The van der Waals surface area contributed by atoms with E-state index in [9.17, 15) is 10.1 Å². The molecule has 2 aliphatic rings. The SMILES string of the molecule is C[C@@H]1Cc2ccccc2N1c1ncc([N+](=O)[O-])c(NC2CC2)n1. The molecule has 118 valence electrons. The van der Waals surface area contributed by atoms with Crippen molar-refractivity contribution in [3.63, 3.8) is 0 Å². The molecule has 1 aliphatic heterocycles. The van der Waals surface area contributed by atoms with Crippen LogP contribution in [-0.2, 0) is 6.42 Å². The Morgan fingerprint density at radius 2 is 2.13 bits per heavy atom. The monoisotopic (exact) mass is 311 g/mol. The van der Waals surface area contributed by atoms with Gasteiger partial charge in [-0.05, 0) is 37.8 Å². The summed E-state index contributed by atoms with van der Waals surface area (Å²) in [5.74, 6) is 0.829. The zero-order valence-corrected chi connectivity index (χ0v) is 12.8. The molecule has 0 radical (unpaired) electrons. The van der Waals surface area contributed by atoms with Gasteiger partial charge in [0.1, 0.15) is 6.20 Å². The number of anilines is 3. The van der Waals surface area contributed by atoms with Gasteiger partial charge in [-0.3, -0.25) is 10.1 Å². The lowest BCUT2D eigenvalue weighted by atomic mass is 10.1. The second-order valence-electron chi connectivity index (χ2n) is 6.13. The lowest BCUT2D eigenvalue weighted by molar-refractivity contribution is -0.384. The molecule has 0 amide bonds. The van der Waals surface area contributed by atoms with Crippen LogP contribution in [0.1, 0.15) is 25.3 Å². The van der Waals surface area contributed by atoms with E-state index >= 15 is 0 Å². The maximum absolute atomic E-state index is 11.2. The van der Waals surface area contributed by atoms with Crippen LogP contribution in [0.5, 0.6) is 0 Å². The molecule has 0 saturated heterocycles. The number of fused-ring (bicyclic) bond motifs is 1. The molecule has 1 aliphatic carbocycles. The van der Waals surface area contributed by atoms with E-state index in [1.165, 1.54) is 11.8 Å². The van der Waals surface area contributed by atoms with E-state index in [1.54, 1.807) is 0 Å². The van der Waals surface area contributed by atoms with Crippen molar-refractivity contribution in [2.45, 2.75) is 38.3 Å². The van der Waals surface area contributed by atoms with Crippen molar-refractivity contribution in [1.29, 1.82) is 0 Å². The van der Waals surface area contributed by atoms with Gasteiger partial charge < -0.3 is 10.2 Å². The normalized spacial score (nSPS) is 19.5. The summed E-state index contributed by atoms with van der Waals surface area (Å²) in [4.78, 5) is 21.5. The van der Waals surface area contributed by atoms with Crippen molar-refractivity contribution in [1.82, 2.24) is 9.97 Å². The van der Waals surface area contributed by atoms with Crippen molar-refractivity contribution in [3.8, 4) is 0 Å². The fourth-order valence-corrected chi connectivity index (χ4v) is 3.01. The van der Waals surface area contributed by atoms with E-state index in [2.05, 4.69) is 33.2 Å². The van der Waals surface area contributed by atoms with E-state index in [0.29, 0.717) is 17.8 Å². The molecule has 1 saturated carbocycles. The Bertz CT molecular complexity index is 775. The third-order valence-corrected chi connectivity index (χ3v) is 4.29. The van der Waals surface area contributed by atoms with Crippen molar-refractivity contribution in [3.05, 3.63) is 46.1 Å². The minimum absolute atomic E-state index is 0.0687. The molecule has 1 N–H and O–H groups in total. The number of nitro groups is 1. The van der Waals surface area contributed by atoms with Gasteiger partial charge in [-0.25, -0.2) is 4.98 Å². The average Bonchev–Trinajstić information content (AvgIpc) is 3.26. The molecule has 23 heavy (non-hydrogen) atoms. The van der Waals surface area contributed by atoms with E-state index in [1.807, 2.05) is 18.2 Å². The first-order valence-corrected chi connectivity index (χ1v) is 7.78. The smallest absolute Gasteiger partial charge is 0.329 e. The Labute approximate surface area is 133 Å². The number of benzene rings is 1. The Morgan fingerprint density at radius 3 is 2.87 bits per heavy atom. The summed E-state index contributed by atoms with van der Waals surface area (Å²) < 4.78 is 0. The van der Waals surface area contributed by atoms with Crippen LogP contribution < -0.4 is 10.2 Å². The molecule has 1 atom stereocenters. The standard InChI is InChI=1S/C16H17N5O2/c1-10-8-11-4-2-3-5-13(11)20(10)16-17-9-14(21(22)23)15(19-16)18-12-6-7-12/h2-5,9-10,12H,6-8H2,1H3,(H,17,18,19)/t10-/m1/s1. The third kappa shape index (κ3) is 2.48. The first kappa shape index (κ1) is 13.9. The number of rotatable bonds is 4. The number of hydrogen-bond acceptors (Lipinski definition) is 6. The van der Waals surface area contributed by atoms with Gasteiger partial charge in [0.25, 0.3) is 0 Å². The van der Waals surface area contributed by atoms with Crippen LogP contribution in [0.15, 0.2) is 30.5 Å². The van der Waals surface area contributed by atoms with E-state index < -0.39 is 4.92 Å². The highest BCUT2D eigenvalue weighted by Crippen LogP contribution is 2.38. The number of hydrogen-bond donors (Lipinski definition) is 1. The Balaban J connectivity index is 1.75. The molecule has 1 fully saturated rings. The minimum atomic E-state index is -0.435. The second-order valence-corrected chi connectivity index (χ2v) is 6.13. The minimum Gasteiger partial charge on any atom is -0.361 e. The fourth-order valence-electron chi connectivity index (χ4n) is 3.01. The van der Waals surface area contributed by atoms with Crippen LogP contribution >= 0.6 is 0 Å². The number of para-hydroxylation sites is 1. The predicted octanol–water partition coefficient (Wildman–Crippen LogP) is 3.04. The zero-order chi connectivity index (χ0) is 16.0. The van der Waals surface area contributed by atoms with Crippen molar-refractivity contribution < 1.29 is 4.92 Å². The highest BCUT2D eigenvalue weighted by molar-refractivity contribution is 5.69. The Kier molecular flexibility index (Phi) is 3.14. The van der Waals surface area contributed by atoms with Gasteiger partial charge in [-0.1, -0.05) is 18.2 Å². The molecule has 4 rings (SSSR count). The lowest BCUT2D eigenvalue weighted by Crippen LogP contribution is -2.26. The highest BCUT2D eigenvalue weighted by Gasteiger charge is 2.31. The largest absolute Gasteiger partial charge is 0.361 e. The first-order chi connectivity index (χ1) is 11.1. The quantitative estimate of drug-likeness (QED) is 0.690. The second kappa shape index (κ2) is 5.19. The van der Waals surface area contributed by atoms with Gasteiger partial charge in [0.05, 0.1) is 4.92 Å². The number of nitrogens with zero attached hydrogens (tertiary/aromatic N) is 4. The van der Waals surface area contributed by atoms with Crippen molar-refractivity contribution >= 4 is 23.1 Å². The lowest BCUT2D eigenvalue weighted by Gasteiger charge is -2.22. The van der Waals surface area contributed by atoms with E-state index in [4.69, 9.17) is 0 Å². The van der Waals surface area contributed by atoms with Gasteiger partial charge in [0.2, 0.25) is 11.8 Å². The van der Waals surface area contributed by atoms with Crippen LogP contribution in [0.4, 0.5) is 23.1 Å². The molecule has 1 aromatic carbocycles. The molecule has 7 nitrogen and oxygen atoms in total. The summed E-state index contributed by atoms with van der Waals surface area (Å²) in [7, 11) is 0. The van der Waals surface area contributed by atoms with Crippen LogP contribution in [-0.4, -0.2) is 27.0 Å². The van der Waals surface area contributed by atoms with Crippen LogP contribution in [0.2, 0.25) is 0 Å². The zero-order valence-electron chi connectivity index (χ0n) is 12.8. The van der Waals surface area contributed by atoms with E-state index in [-0.39, 0.29) is 11.7 Å². The molecule has 7 heteroatoms. The number of nitrogens with one attached hydrogen (secondary N) is 1. The molecule has 0 spiro atoms. The third-order valence-electron chi connectivity index (χ3n) is 4.29. The highest BCUT2D eigenvalue weighted by atomic mass is 16.6. The maximum Gasteiger partial charge on any atom is 0.329 e. The van der Waals surface area contributed by atoms with Gasteiger partial charge in [-0.15, -0.1) is 0 Å². The molecular formula is C16H17N5O2. The fraction of sp³-hybridized carbons (Fsp3) is 0.375. The van der Waals surface area contributed by atoms with Gasteiger partial charge in [0, 0.05) is 17.8 Å². The summed E-state index contributed by atoms with van der Waals surface area (Å²) in [6.07, 6.45) is 4.28. The van der Waals surface area contributed by atoms with Crippen LogP contribution in [0, 0.1) is 10.1 Å². The summed E-state index contributed by atoms with van der Waals surface area (Å²) in [6.45, 7) is 2.11. The summed E-state index contributed by atoms with van der Waals surface area (Å²) in [5, 5.41) is 14.3. The molecule has 0 unspecified atom stereocenters. The van der Waals surface area contributed by atoms with Crippen LogP contribution in [0.3, 0.4) is 0 Å². The molecule has 2 aromatic rings. The topological polar surface area (TPSA) is 84.2 Å². The van der Waals surface area contributed by atoms with Crippen molar-refractivity contribution in [2.24, 2.45) is 0 Å². The maximum atomic E-state index is 11.2. The molecule has 2 heterocycles. The first-order valence-electron chi connectivity index (χ1n) is 7.78.